The van der Waals surface area contributed by atoms with E-state index in [4.69, 9.17) is 21.1 Å². The fraction of sp³-hybridized carbons (Fsp3) is 0.150. The highest BCUT2D eigenvalue weighted by atomic mass is 35.5. The predicted octanol–water partition coefficient (Wildman–Crippen LogP) is 3.55. The maximum atomic E-state index is 14.1. The summed E-state index contributed by atoms with van der Waals surface area (Å²) in [5.41, 5.74) is -0.270. The largest absolute Gasteiger partial charge is 0.491 e. The highest BCUT2D eigenvalue weighted by Crippen LogP contribution is 2.37. The van der Waals surface area contributed by atoms with Crippen LogP contribution in [0.5, 0.6) is 11.5 Å². The molecular formula is C20H16ClFN2O5. The number of para-hydroxylation sites is 1. The lowest BCUT2D eigenvalue weighted by molar-refractivity contribution is -0.122. The SMILES string of the molecule is CCOc1cc(/C=C2/C(=O)NC(=O)N(c3ccccc3F)C2=O)cc(Cl)c1OC. The first kappa shape index (κ1) is 20.3. The molecule has 0 aromatic heterocycles. The first-order chi connectivity index (χ1) is 13.9. The van der Waals surface area contributed by atoms with Gasteiger partial charge in [-0.25, -0.2) is 14.1 Å². The van der Waals surface area contributed by atoms with E-state index in [1.165, 1.54) is 43.5 Å². The lowest BCUT2D eigenvalue weighted by atomic mass is 10.1. The molecule has 0 atom stereocenters. The molecule has 0 radical (unpaired) electrons. The van der Waals surface area contributed by atoms with Gasteiger partial charge in [0.05, 0.1) is 24.4 Å². The van der Waals surface area contributed by atoms with Crippen molar-refractivity contribution < 1.29 is 28.2 Å². The summed E-state index contributed by atoms with van der Waals surface area (Å²) in [4.78, 5) is 37.8. The van der Waals surface area contributed by atoms with Crippen LogP contribution in [0.25, 0.3) is 6.08 Å². The Morgan fingerprint density at radius 2 is 1.93 bits per heavy atom. The van der Waals surface area contributed by atoms with Crippen molar-refractivity contribution in [3.8, 4) is 11.5 Å². The third kappa shape index (κ3) is 3.93. The summed E-state index contributed by atoms with van der Waals surface area (Å²) in [7, 11) is 1.43. The number of barbiturate groups is 1. The summed E-state index contributed by atoms with van der Waals surface area (Å²) in [6.07, 6.45) is 1.24. The van der Waals surface area contributed by atoms with E-state index < -0.39 is 23.7 Å². The topological polar surface area (TPSA) is 84.9 Å². The highest BCUT2D eigenvalue weighted by molar-refractivity contribution is 6.39. The molecule has 4 amide bonds. The van der Waals surface area contributed by atoms with E-state index in [-0.39, 0.29) is 16.3 Å². The second kappa shape index (κ2) is 8.32. The van der Waals surface area contributed by atoms with Gasteiger partial charge in [-0.15, -0.1) is 0 Å². The Kier molecular flexibility index (Phi) is 5.84. The molecule has 2 aromatic carbocycles. The lowest BCUT2D eigenvalue weighted by Gasteiger charge is -2.26. The molecule has 9 heteroatoms. The Balaban J connectivity index is 2.06. The summed E-state index contributed by atoms with van der Waals surface area (Å²) in [5, 5.41) is 2.24. The second-order valence-electron chi connectivity index (χ2n) is 5.88. The predicted molar refractivity (Wildman–Crippen MR) is 105 cm³/mol. The fourth-order valence-corrected chi connectivity index (χ4v) is 3.10. The van der Waals surface area contributed by atoms with Gasteiger partial charge in [0.1, 0.15) is 11.4 Å². The first-order valence-corrected chi connectivity index (χ1v) is 8.91. The van der Waals surface area contributed by atoms with Gasteiger partial charge in [-0.2, -0.15) is 0 Å². The van der Waals surface area contributed by atoms with E-state index in [0.717, 1.165) is 6.07 Å². The molecule has 0 saturated carbocycles. The molecule has 1 N–H and O–H groups in total. The number of anilines is 1. The summed E-state index contributed by atoms with van der Waals surface area (Å²) < 4.78 is 24.8. The zero-order valence-electron chi connectivity index (χ0n) is 15.5. The summed E-state index contributed by atoms with van der Waals surface area (Å²) in [6, 6.07) is 7.22. The number of ether oxygens (including phenoxy) is 2. The molecule has 150 valence electrons. The van der Waals surface area contributed by atoms with Gasteiger partial charge in [-0.3, -0.25) is 14.9 Å². The van der Waals surface area contributed by atoms with Crippen molar-refractivity contribution >= 4 is 41.2 Å². The molecule has 3 rings (SSSR count). The molecule has 0 bridgehead atoms. The smallest absolute Gasteiger partial charge is 0.336 e. The summed E-state index contributed by atoms with van der Waals surface area (Å²) in [5.74, 6) is -2.03. The molecule has 29 heavy (non-hydrogen) atoms. The van der Waals surface area contributed by atoms with Gasteiger partial charge in [0.25, 0.3) is 11.8 Å². The first-order valence-electron chi connectivity index (χ1n) is 8.53. The third-order valence-electron chi connectivity index (χ3n) is 4.04. The normalized spacial score (nSPS) is 15.5. The molecule has 0 aliphatic carbocycles. The molecule has 0 spiro atoms. The Hall–Kier alpha value is -3.39. The van der Waals surface area contributed by atoms with Gasteiger partial charge < -0.3 is 9.47 Å². The van der Waals surface area contributed by atoms with Crippen molar-refractivity contribution in [2.45, 2.75) is 6.92 Å². The van der Waals surface area contributed by atoms with E-state index in [0.29, 0.717) is 28.6 Å². The Morgan fingerprint density at radius 1 is 1.21 bits per heavy atom. The maximum absolute atomic E-state index is 14.1. The number of nitrogens with zero attached hydrogens (tertiary/aromatic N) is 1. The van der Waals surface area contributed by atoms with E-state index in [2.05, 4.69) is 0 Å². The Labute approximate surface area is 170 Å². The molecule has 7 nitrogen and oxygen atoms in total. The van der Waals surface area contributed by atoms with E-state index >= 15 is 0 Å². The number of halogens is 2. The number of carbonyl (C=O) groups excluding carboxylic acids is 3. The minimum atomic E-state index is -1.04. The van der Waals surface area contributed by atoms with E-state index in [9.17, 15) is 18.8 Å². The Morgan fingerprint density at radius 3 is 2.59 bits per heavy atom. The zero-order valence-corrected chi connectivity index (χ0v) is 16.2. The lowest BCUT2D eigenvalue weighted by Crippen LogP contribution is -2.54. The second-order valence-corrected chi connectivity index (χ2v) is 6.28. The molecule has 1 aliphatic heterocycles. The van der Waals surface area contributed by atoms with Crippen molar-refractivity contribution in [2.24, 2.45) is 0 Å². The van der Waals surface area contributed by atoms with Gasteiger partial charge in [-0.05, 0) is 42.8 Å². The monoisotopic (exact) mass is 418 g/mol. The number of amides is 4. The van der Waals surface area contributed by atoms with Crippen LogP contribution in [-0.2, 0) is 9.59 Å². The third-order valence-corrected chi connectivity index (χ3v) is 4.32. The van der Waals surface area contributed by atoms with Crippen molar-refractivity contribution in [3.63, 3.8) is 0 Å². The molecule has 1 heterocycles. The summed E-state index contributed by atoms with van der Waals surface area (Å²) >= 11 is 6.20. The van der Waals surface area contributed by atoms with Crippen molar-refractivity contribution in [1.29, 1.82) is 0 Å². The van der Waals surface area contributed by atoms with Crippen molar-refractivity contribution in [1.82, 2.24) is 5.32 Å². The number of benzene rings is 2. The molecule has 1 aliphatic rings. The standard InChI is InChI=1S/C20H16ClFN2O5/c1-3-29-16-10-11(9-13(21)17(16)28-2)8-12-18(25)23-20(27)24(19(12)26)15-7-5-4-6-14(15)22/h4-10H,3H2,1-2H3,(H,23,25,27)/b12-8-. The van der Waals surface area contributed by atoms with Crippen LogP contribution in [0.1, 0.15) is 12.5 Å². The van der Waals surface area contributed by atoms with E-state index in [1.54, 1.807) is 6.92 Å². The van der Waals surface area contributed by atoms with Crippen LogP contribution in [-0.4, -0.2) is 31.6 Å². The van der Waals surface area contributed by atoms with Crippen LogP contribution in [0.4, 0.5) is 14.9 Å². The zero-order chi connectivity index (χ0) is 21.1. The molecule has 1 fully saturated rings. The fourth-order valence-electron chi connectivity index (χ4n) is 2.81. The minimum Gasteiger partial charge on any atom is -0.491 e. The average Bonchev–Trinajstić information content (AvgIpc) is 2.67. The van der Waals surface area contributed by atoms with Gasteiger partial charge in [0.2, 0.25) is 0 Å². The van der Waals surface area contributed by atoms with Gasteiger partial charge >= 0.3 is 6.03 Å². The van der Waals surface area contributed by atoms with Gasteiger partial charge in [-0.1, -0.05) is 23.7 Å². The number of hydrogen-bond acceptors (Lipinski definition) is 5. The van der Waals surface area contributed by atoms with Crippen molar-refractivity contribution in [2.75, 3.05) is 18.6 Å². The number of hydrogen-bond donors (Lipinski definition) is 1. The average molecular weight is 419 g/mol. The summed E-state index contributed by atoms with van der Waals surface area (Å²) in [6.45, 7) is 2.11. The number of urea groups is 1. The van der Waals surface area contributed by atoms with Crippen LogP contribution in [0, 0.1) is 5.82 Å². The number of rotatable bonds is 5. The van der Waals surface area contributed by atoms with E-state index in [1.807, 2.05) is 5.32 Å². The Bertz CT molecular complexity index is 1040. The molecule has 2 aromatic rings. The minimum absolute atomic E-state index is 0.205. The van der Waals surface area contributed by atoms with Gasteiger partial charge in [0.15, 0.2) is 11.5 Å². The van der Waals surface area contributed by atoms with Crippen LogP contribution in [0.2, 0.25) is 5.02 Å². The van der Waals surface area contributed by atoms with Gasteiger partial charge in [0, 0.05) is 0 Å². The van der Waals surface area contributed by atoms with Crippen LogP contribution in [0.15, 0.2) is 42.0 Å². The maximum Gasteiger partial charge on any atom is 0.336 e. The highest BCUT2D eigenvalue weighted by Gasteiger charge is 2.38. The molecule has 1 saturated heterocycles. The number of imide groups is 2. The van der Waals surface area contributed by atoms with Crippen LogP contribution in [0.3, 0.4) is 0 Å². The molecular weight excluding hydrogens is 403 g/mol. The number of methoxy groups -OCH3 is 1. The van der Waals surface area contributed by atoms with Crippen LogP contribution < -0.4 is 19.7 Å². The number of nitrogens with one attached hydrogen (secondary N) is 1. The number of carbonyl (C=O) groups is 3. The van der Waals surface area contributed by atoms with Crippen LogP contribution >= 0.6 is 11.6 Å². The molecule has 0 unspecified atom stereocenters. The van der Waals surface area contributed by atoms with Crippen molar-refractivity contribution in [3.05, 3.63) is 58.4 Å². The quantitative estimate of drug-likeness (QED) is 0.593.